The summed E-state index contributed by atoms with van der Waals surface area (Å²) in [5.41, 5.74) is 0.599. The van der Waals surface area contributed by atoms with Crippen LogP contribution in [0.25, 0.3) is 0 Å². The lowest BCUT2D eigenvalue weighted by molar-refractivity contribution is 0.0939. The van der Waals surface area contributed by atoms with E-state index in [-0.39, 0.29) is 11.9 Å². The third kappa shape index (κ3) is 3.60. The van der Waals surface area contributed by atoms with Crippen molar-refractivity contribution < 1.29 is 14.3 Å². The van der Waals surface area contributed by atoms with Gasteiger partial charge in [0, 0.05) is 29.3 Å². The van der Waals surface area contributed by atoms with Crippen molar-refractivity contribution in [2.24, 2.45) is 0 Å². The molecule has 0 bridgehead atoms. The zero-order valence-corrected chi connectivity index (χ0v) is 13.3. The van der Waals surface area contributed by atoms with Crippen LogP contribution in [0.15, 0.2) is 35.7 Å². The van der Waals surface area contributed by atoms with E-state index >= 15 is 0 Å². The molecule has 0 spiro atoms. The molecule has 0 saturated carbocycles. The van der Waals surface area contributed by atoms with Crippen molar-refractivity contribution in [3.8, 4) is 11.5 Å². The Bertz CT molecular complexity index is 639. The van der Waals surface area contributed by atoms with E-state index in [1.807, 2.05) is 18.4 Å². The molecule has 1 aromatic heterocycles. The molecular formula is C17H19NO3S. The Morgan fingerprint density at radius 2 is 2.09 bits per heavy atom. The highest BCUT2D eigenvalue weighted by Crippen LogP contribution is 2.30. The number of amides is 1. The van der Waals surface area contributed by atoms with E-state index in [1.165, 1.54) is 4.88 Å². The number of carbonyl (C=O) groups is 1. The summed E-state index contributed by atoms with van der Waals surface area (Å²) in [5, 5.41) is 5.08. The fraction of sp³-hybridized carbons (Fsp3) is 0.353. The van der Waals surface area contributed by atoms with Gasteiger partial charge in [-0.2, -0.15) is 0 Å². The van der Waals surface area contributed by atoms with Gasteiger partial charge in [-0.15, -0.1) is 11.3 Å². The summed E-state index contributed by atoms with van der Waals surface area (Å²) < 4.78 is 11.2. The highest BCUT2D eigenvalue weighted by molar-refractivity contribution is 7.09. The van der Waals surface area contributed by atoms with Crippen LogP contribution in [0.2, 0.25) is 0 Å². The Balaban J connectivity index is 1.65. The summed E-state index contributed by atoms with van der Waals surface area (Å²) in [4.78, 5) is 13.6. The molecule has 2 aromatic rings. The quantitative estimate of drug-likeness (QED) is 0.941. The van der Waals surface area contributed by atoms with Crippen LogP contribution in [0, 0.1) is 0 Å². The van der Waals surface area contributed by atoms with E-state index in [1.54, 1.807) is 29.5 Å². The molecule has 116 valence electrons. The molecule has 0 saturated heterocycles. The first-order chi connectivity index (χ1) is 10.7. The summed E-state index contributed by atoms with van der Waals surface area (Å²) in [5.74, 6) is 1.27. The Morgan fingerprint density at radius 1 is 1.27 bits per heavy atom. The van der Waals surface area contributed by atoms with Crippen LogP contribution < -0.4 is 14.8 Å². The van der Waals surface area contributed by atoms with E-state index < -0.39 is 0 Å². The van der Waals surface area contributed by atoms with Gasteiger partial charge in [0.15, 0.2) is 11.5 Å². The molecule has 5 heteroatoms. The number of nitrogens with one attached hydrogen (secondary N) is 1. The van der Waals surface area contributed by atoms with E-state index in [0.29, 0.717) is 30.3 Å². The largest absolute Gasteiger partial charge is 0.490 e. The fourth-order valence-corrected chi connectivity index (χ4v) is 3.23. The van der Waals surface area contributed by atoms with Gasteiger partial charge in [-0.1, -0.05) is 6.07 Å². The van der Waals surface area contributed by atoms with Gasteiger partial charge in [0.1, 0.15) is 0 Å². The minimum Gasteiger partial charge on any atom is -0.490 e. The topological polar surface area (TPSA) is 47.6 Å². The summed E-state index contributed by atoms with van der Waals surface area (Å²) in [6, 6.07) is 9.54. The molecular weight excluding hydrogens is 298 g/mol. The number of ether oxygens (including phenoxy) is 2. The number of carbonyl (C=O) groups excluding carboxylic acids is 1. The molecule has 1 atom stereocenters. The van der Waals surface area contributed by atoms with Gasteiger partial charge >= 0.3 is 0 Å². The van der Waals surface area contributed by atoms with Crippen LogP contribution in [0.3, 0.4) is 0 Å². The second-order valence-electron chi connectivity index (χ2n) is 5.37. The summed E-state index contributed by atoms with van der Waals surface area (Å²) in [6.07, 6.45) is 1.70. The smallest absolute Gasteiger partial charge is 0.251 e. The Kier molecular flexibility index (Phi) is 4.63. The average molecular weight is 317 g/mol. The molecule has 3 rings (SSSR count). The maximum atomic E-state index is 12.4. The maximum Gasteiger partial charge on any atom is 0.251 e. The third-order valence-electron chi connectivity index (χ3n) is 3.47. The van der Waals surface area contributed by atoms with Crippen molar-refractivity contribution in [3.05, 3.63) is 46.2 Å². The standard InChI is InChI=1S/C17H19NO3S/c1-12(10-14-4-2-9-22-14)18-17(19)13-5-6-15-16(11-13)21-8-3-7-20-15/h2,4-6,9,11-12H,3,7-8,10H2,1H3,(H,18,19). The molecule has 1 unspecified atom stereocenters. The van der Waals surface area contributed by atoms with E-state index in [4.69, 9.17) is 9.47 Å². The fourth-order valence-electron chi connectivity index (χ4n) is 2.39. The van der Waals surface area contributed by atoms with Crippen LogP contribution in [-0.4, -0.2) is 25.2 Å². The molecule has 1 aliphatic heterocycles. The number of hydrogen-bond acceptors (Lipinski definition) is 4. The van der Waals surface area contributed by atoms with Gasteiger partial charge in [-0.25, -0.2) is 0 Å². The zero-order chi connectivity index (χ0) is 15.4. The normalized spacial score (nSPS) is 15.0. The molecule has 1 aliphatic rings. The summed E-state index contributed by atoms with van der Waals surface area (Å²) in [6.45, 7) is 3.28. The average Bonchev–Trinajstić information content (AvgIpc) is 2.89. The van der Waals surface area contributed by atoms with Gasteiger partial charge in [-0.05, 0) is 36.6 Å². The van der Waals surface area contributed by atoms with Gasteiger partial charge in [-0.3, -0.25) is 4.79 Å². The van der Waals surface area contributed by atoms with Crippen LogP contribution in [0.4, 0.5) is 0 Å². The van der Waals surface area contributed by atoms with Crippen LogP contribution >= 0.6 is 11.3 Å². The van der Waals surface area contributed by atoms with Gasteiger partial charge in [0.25, 0.3) is 5.91 Å². The molecule has 22 heavy (non-hydrogen) atoms. The number of rotatable bonds is 4. The van der Waals surface area contributed by atoms with Crippen molar-refractivity contribution in [1.29, 1.82) is 0 Å². The van der Waals surface area contributed by atoms with Crippen molar-refractivity contribution in [2.45, 2.75) is 25.8 Å². The predicted octanol–water partition coefficient (Wildman–Crippen LogP) is 3.27. The molecule has 2 heterocycles. The Morgan fingerprint density at radius 3 is 2.86 bits per heavy atom. The van der Waals surface area contributed by atoms with E-state index in [0.717, 1.165) is 12.8 Å². The van der Waals surface area contributed by atoms with Gasteiger partial charge in [0.05, 0.1) is 13.2 Å². The lowest BCUT2D eigenvalue weighted by Gasteiger charge is -2.14. The lowest BCUT2D eigenvalue weighted by Crippen LogP contribution is -2.33. The molecule has 4 nitrogen and oxygen atoms in total. The van der Waals surface area contributed by atoms with E-state index in [9.17, 15) is 4.79 Å². The second-order valence-corrected chi connectivity index (χ2v) is 6.40. The number of hydrogen-bond donors (Lipinski definition) is 1. The van der Waals surface area contributed by atoms with Crippen molar-refractivity contribution in [2.75, 3.05) is 13.2 Å². The monoisotopic (exact) mass is 317 g/mol. The minimum atomic E-state index is -0.0836. The minimum absolute atomic E-state index is 0.0836. The highest BCUT2D eigenvalue weighted by atomic mass is 32.1. The van der Waals surface area contributed by atoms with Crippen LogP contribution in [0.1, 0.15) is 28.6 Å². The number of benzene rings is 1. The maximum absolute atomic E-state index is 12.4. The molecule has 0 aliphatic carbocycles. The lowest BCUT2D eigenvalue weighted by atomic mass is 10.1. The molecule has 1 aromatic carbocycles. The third-order valence-corrected chi connectivity index (χ3v) is 4.37. The van der Waals surface area contributed by atoms with Crippen LogP contribution in [-0.2, 0) is 6.42 Å². The van der Waals surface area contributed by atoms with Gasteiger partial charge < -0.3 is 14.8 Å². The first-order valence-electron chi connectivity index (χ1n) is 7.45. The van der Waals surface area contributed by atoms with E-state index in [2.05, 4.69) is 11.4 Å². The number of fused-ring (bicyclic) bond motifs is 1. The summed E-state index contributed by atoms with van der Waals surface area (Å²) >= 11 is 1.71. The SMILES string of the molecule is CC(Cc1cccs1)NC(=O)c1ccc2c(c1)OCCCO2. The second kappa shape index (κ2) is 6.83. The number of thiophene rings is 1. The Labute approximate surface area is 134 Å². The summed E-state index contributed by atoms with van der Waals surface area (Å²) in [7, 11) is 0. The van der Waals surface area contributed by atoms with Crippen LogP contribution in [0.5, 0.6) is 11.5 Å². The van der Waals surface area contributed by atoms with Crippen molar-refractivity contribution in [1.82, 2.24) is 5.32 Å². The van der Waals surface area contributed by atoms with Crippen molar-refractivity contribution in [3.63, 3.8) is 0 Å². The Hall–Kier alpha value is -2.01. The van der Waals surface area contributed by atoms with Crippen molar-refractivity contribution >= 4 is 17.2 Å². The van der Waals surface area contributed by atoms with Gasteiger partial charge in [0.2, 0.25) is 0 Å². The first kappa shape index (κ1) is 14.9. The molecule has 1 N–H and O–H groups in total. The zero-order valence-electron chi connectivity index (χ0n) is 12.5. The molecule has 0 fully saturated rings. The highest BCUT2D eigenvalue weighted by Gasteiger charge is 2.15. The predicted molar refractivity (Wildman–Crippen MR) is 87.0 cm³/mol. The molecule has 0 radical (unpaired) electrons. The molecule has 1 amide bonds. The first-order valence-corrected chi connectivity index (χ1v) is 8.33.